The number of fused-ring (bicyclic) bond motifs is 1. The van der Waals surface area contributed by atoms with Crippen molar-refractivity contribution < 1.29 is 4.74 Å². The molecular weight excluding hydrogens is 384 g/mol. The average molecular weight is 419 g/mol. The van der Waals surface area contributed by atoms with Crippen molar-refractivity contribution in [3.05, 3.63) is 26.7 Å². The first-order chi connectivity index (χ1) is 14.3. The van der Waals surface area contributed by atoms with Crippen molar-refractivity contribution in [1.82, 2.24) is 28.5 Å². The van der Waals surface area contributed by atoms with E-state index < -0.39 is 0 Å². The predicted molar refractivity (Wildman–Crippen MR) is 116 cm³/mol. The van der Waals surface area contributed by atoms with Gasteiger partial charge in [0.2, 0.25) is 0 Å². The Labute approximate surface area is 176 Å². The number of imidazole rings is 1. The fourth-order valence-electron chi connectivity index (χ4n) is 5.04. The van der Waals surface area contributed by atoms with Crippen molar-refractivity contribution in [3.8, 4) is 0 Å². The molecule has 0 spiro atoms. The van der Waals surface area contributed by atoms with E-state index in [2.05, 4.69) is 28.2 Å². The molecule has 0 N–H and O–H groups in total. The summed E-state index contributed by atoms with van der Waals surface area (Å²) in [5.41, 5.74) is 0.408. The normalized spacial score (nSPS) is 24.0. The van der Waals surface area contributed by atoms with Crippen LogP contribution >= 0.6 is 0 Å². The summed E-state index contributed by atoms with van der Waals surface area (Å²) in [4.78, 5) is 35.1. The first kappa shape index (κ1) is 21.3. The Balaban J connectivity index is 1.71. The van der Waals surface area contributed by atoms with Crippen LogP contribution in [0.3, 0.4) is 0 Å². The third kappa shape index (κ3) is 4.10. The van der Waals surface area contributed by atoms with Gasteiger partial charge in [0.05, 0.1) is 19.8 Å². The molecule has 2 saturated heterocycles. The number of aromatic nitrogens is 4. The highest BCUT2D eigenvalue weighted by Crippen LogP contribution is 2.23. The molecule has 2 aromatic rings. The molecule has 30 heavy (non-hydrogen) atoms. The van der Waals surface area contributed by atoms with Crippen LogP contribution in [0, 0.1) is 11.8 Å². The minimum absolute atomic E-state index is 0.269. The summed E-state index contributed by atoms with van der Waals surface area (Å²) in [6.07, 6.45) is 1.25. The SMILES string of the molecule is C[C@H]1C[C@H](C)CN(Cc2nc3c(c(=O)n(C)c(=O)n3C)n2CCN2CCOCC2)C1. The van der Waals surface area contributed by atoms with Crippen LogP contribution in [0.25, 0.3) is 11.2 Å². The first-order valence-electron chi connectivity index (χ1n) is 11.0. The van der Waals surface area contributed by atoms with Gasteiger partial charge in [-0.05, 0) is 18.3 Å². The van der Waals surface area contributed by atoms with Crippen LogP contribution in [-0.2, 0) is 31.9 Å². The monoisotopic (exact) mass is 418 g/mol. The summed E-state index contributed by atoms with van der Waals surface area (Å²) in [6.45, 7) is 12.2. The zero-order valence-electron chi connectivity index (χ0n) is 18.6. The molecule has 0 amide bonds. The number of morpholine rings is 1. The maximum absolute atomic E-state index is 13.0. The maximum Gasteiger partial charge on any atom is 0.332 e. The quantitative estimate of drug-likeness (QED) is 0.693. The van der Waals surface area contributed by atoms with Gasteiger partial charge in [-0.3, -0.25) is 23.7 Å². The van der Waals surface area contributed by atoms with E-state index in [-0.39, 0.29) is 11.2 Å². The fourth-order valence-corrected chi connectivity index (χ4v) is 5.04. The highest BCUT2D eigenvalue weighted by atomic mass is 16.5. The van der Waals surface area contributed by atoms with E-state index >= 15 is 0 Å². The van der Waals surface area contributed by atoms with Gasteiger partial charge in [0.15, 0.2) is 11.2 Å². The Morgan fingerprint density at radius 1 is 0.967 bits per heavy atom. The Morgan fingerprint density at radius 2 is 1.63 bits per heavy atom. The molecule has 2 aliphatic heterocycles. The Bertz CT molecular complexity index is 1010. The second-order valence-electron chi connectivity index (χ2n) is 9.15. The number of hydrogen-bond donors (Lipinski definition) is 0. The van der Waals surface area contributed by atoms with Crippen LogP contribution in [-0.4, -0.2) is 74.4 Å². The predicted octanol–water partition coefficient (Wildman–Crippen LogP) is 0.244. The van der Waals surface area contributed by atoms with Crippen LogP contribution in [0.5, 0.6) is 0 Å². The second kappa shape index (κ2) is 8.64. The van der Waals surface area contributed by atoms with E-state index in [1.807, 2.05) is 0 Å². The lowest BCUT2D eigenvalue weighted by Crippen LogP contribution is -2.40. The third-order valence-electron chi connectivity index (χ3n) is 6.48. The van der Waals surface area contributed by atoms with Gasteiger partial charge in [-0.15, -0.1) is 0 Å². The minimum atomic E-state index is -0.336. The number of aryl methyl sites for hydroxylation is 1. The minimum Gasteiger partial charge on any atom is -0.379 e. The molecule has 0 aromatic carbocycles. The number of rotatable bonds is 5. The molecule has 4 heterocycles. The highest BCUT2D eigenvalue weighted by molar-refractivity contribution is 5.71. The molecule has 0 bridgehead atoms. The van der Waals surface area contributed by atoms with Gasteiger partial charge in [0, 0.05) is 53.4 Å². The van der Waals surface area contributed by atoms with E-state index in [1.54, 1.807) is 7.05 Å². The zero-order valence-corrected chi connectivity index (χ0v) is 18.6. The van der Waals surface area contributed by atoms with Crippen LogP contribution in [0.2, 0.25) is 0 Å². The number of nitrogens with zero attached hydrogens (tertiary/aromatic N) is 6. The van der Waals surface area contributed by atoms with Crippen LogP contribution in [0.4, 0.5) is 0 Å². The summed E-state index contributed by atoms with van der Waals surface area (Å²) in [5.74, 6) is 2.17. The molecule has 2 aromatic heterocycles. The highest BCUT2D eigenvalue weighted by Gasteiger charge is 2.25. The van der Waals surface area contributed by atoms with Gasteiger partial charge >= 0.3 is 5.69 Å². The second-order valence-corrected chi connectivity index (χ2v) is 9.15. The standard InChI is InChI=1S/C21H34N6O3/c1-15-11-16(2)13-26(12-15)14-17-22-19-18(20(28)24(4)21(29)23(19)3)27(17)6-5-25-7-9-30-10-8-25/h15-16H,5-14H2,1-4H3/t15-,16-/m0/s1. The molecule has 4 rings (SSSR count). The summed E-state index contributed by atoms with van der Waals surface area (Å²) in [7, 11) is 3.23. The number of ether oxygens (including phenoxy) is 1. The zero-order chi connectivity index (χ0) is 21.4. The summed E-state index contributed by atoms with van der Waals surface area (Å²) in [5, 5.41) is 0. The molecule has 0 radical (unpaired) electrons. The van der Waals surface area contributed by atoms with E-state index in [4.69, 9.17) is 9.72 Å². The summed E-state index contributed by atoms with van der Waals surface area (Å²) >= 11 is 0. The lowest BCUT2D eigenvalue weighted by Gasteiger charge is -2.34. The maximum atomic E-state index is 13.0. The van der Waals surface area contributed by atoms with Gasteiger partial charge < -0.3 is 9.30 Å². The van der Waals surface area contributed by atoms with Crippen molar-refractivity contribution >= 4 is 11.2 Å². The summed E-state index contributed by atoms with van der Waals surface area (Å²) < 4.78 is 10.2. The average Bonchev–Trinajstić information content (AvgIpc) is 3.07. The molecule has 166 valence electrons. The van der Waals surface area contributed by atoms with Crippen molar-refractivity contribution in [3.63, 3.8) is 0 Å². The molecule has 2 aliphatic rings. The van der Waals surface area contributed by atoms with Crippen molar-refractivity contribution in [2.75, 3.05) is 45.9 Å². The van der Waals surface area contributed by atoms with Crippen molar-refractivity contribution in [1.29, 1.82) is 0 Å². The van der Waals surface area contributed by atoms with Gasteiger partial charge in [-0.1, -0.05) is 13.8 Å². The van der Waals surface area contributed by atoms with E-state index in [1.165, 1.54) is 22.6 Å². The fraction of sp³-hybridized carbons (Fsp3) is 0.762. The van der Waals surface area contributed by atoms with Crippen molar-refractivity contribution in [2.24, 2.45) is 25.9 Å². The summed E-state index contributed by atoms with van der Waals surface area (Å²) in [6, 6.07) is 0. The van der Waals surface area contributed by atoms with E-state index in [0.29, 0.717) is 36.1 Å². The Kier molecular flexibility index (Phi) is 6.13. The molecule has 0 saturated carbocycles. The molecule has 0 aliphatic carbocycles. The number of likely N-dealkylation sites (tertiary alicyclic amines) is 1. The van der Waals surface area contributed by atoms with Crippen LogP contribution < -0.4 is 11.2 Å². The lowest BCUT2D eigenvalue weighted by molar-refractivity contribution is 0.0363. The van der Waals surface area contributed by atoms with Gasteiger partial charge in [0.1, 0.15) is 5.82 Å². The van der Waals surface area contributed by atoms with Crippen molar-refractivity contribution in [2.45, 2.75) is 33.4 Å². The first-order valence-corrected chi connectivity index (χ1v) is 11.0. The van der Waals surface area contributed by atoms with E-state index in [0.717, 1.165) is 51.8 Å². The third-order valence-corrected chi connectivity index (χ3v) is 6.48. The molecule has 0 unspecified atom stereocenters. The van der Waals surface area contributed by atoms with Gasteiger partial charge in [-0.25, -0.2) is 9.78 Å². The largest absolute Gasteiger partial charge is 0.379 e. The Hall–Kier alpha value is -1.97. The molecule has 2 atom stereocenters. The molecule has 2 fully saturated rings. The van der Waals surface area contributed by atoms with Gasteiger partial charge in [-0.2, -0.15) is 0 Å². The number of piperidine rings is 1. The molecular formula is C21H34N6O3. The number of hydrogen-bond acceptors (Lipinski definition) is 6. The molecule has 9 heteroatoms. The van der Waals surface area contributed by atoms with Crippen LogP contribution in [0.1, 0.15) is 26.1 Å². The molecule has 9 nitrogen and oxygen atoms in total. The topological polar surface area (TPSA) is 77.5 Å². The van der Waals surface area contributed by atoms with Gasteiger partial charge in [0.25, 0.3) is 5.56 Å². The van der Waals surface area contributed by atoms with E-state index in [9.17, 15) is 9.59 Å². The lowest BCUT2D eigenvalue weighted by atomic mass is 9.92. The smallest absolute Gasteiger partial charge is 0.332 e. The van der Waals surface area contributed by atoms with Crippen LogP contribution in [0.15, 0.2) is 9.59 Å². The Morgan fingerprint density at radius 3 is 2.30 bits per heavy atom.